The zero-order chi connectivity index (χ0) is 56.9. The minimum Gasteiger partial charge on any atom is -0.462 e. The quantitative estimate of drug-likeness (QED) is 0.0197. The van der Waals surface area contributed by atoms with E-state index in [1.807, 2.05) is 30.4 Å². The molecule has 11 nitrogen and oxygen atoms in total. The van der Waals surface area contributed by atoms with Gasteiger partial charge in [0.1, 0.15) is 12.7 Å². The number of carbonyl (C=O) groups is 3. The second kappa shape index (κ2) is 58.8. The predicted molar refractivity (Wildman–Crippen MR) is 325 cm³/mol. The van der Waals surface area contributed by atoms with Crippen molar-refractivity contribution in [3.63, 3.8) is 0 Å². The van der Waals surface area contributed by atoms with E-state index in [0.717, 1.165) is 77.0 Å². The number of phosphoric acid groups is 1. The maximum absolute atomic E-state index is 12.9. The molecule has 0 aromatic carbocycles. The zero-order valence-corrected chi connectivity index (χ0v) is 49.7. The first kappa shape index (κ1) is 73.6. The van der Waals surface area contributed by atoms with E-state index >= 15 is 0 Å². The highest BCUT2D eigenvalue weighted by Crippen LogP contribution is 2.43. The van der Waals surface area contributed by atoms with E-state index in [2.05, 4.69) is 118 Å². The van der Waals surface area contributed by atoms with Gasteiger partial charge in [0.25, 0.3) is 0 Å². The fourth-order valence-corrected chi connectivity index (χ4v) is 8.36. The molecule has 0 aromatic rings. The van der Waals surface area contributed by atoms with Crippen molar-refractivity contribution in [3.05, 3.63) is 134 Å². The van der Waals surface area contributed by atoms with Gasteiger partial charge < -0.3 is 24.2 Å². The van der Waals surface area contributed by atoms with E-state index in [1.165, 1.54) is 83.5 Å². The summed E-state index contributed by atoms with van der Waals surface area (Å²) in [6.45, 7) is 4.23. The molecule has 12 heteroatoms. The van der Waals surface area contributed by atoms with Crippen LogP contribution in [0.2, 0.25) is 0 Å². The largest absolute Gasteiger partial charge is 0.472 e. The second-order valence-corrected chi connectivity index (χ2v) is 20.9. The number of unbranched alkanes of at least 4 members (excludes halogenated alkanes) is 16. The van der Waals surface area contributed by atoms with E-state index < -0.39 is 57.8 Å². The summed E-state index contributed by atoms with van der Waals surface area (Å²) in [5.41, 5.74) is 0. The smallest absolute Gasteiger partial charge is 0.462 e. The minimum atomic E-state index is -4.80. The Balaban J connectivity index is 4.88. The van der Waals surface area contributed by atoms with Crippen LogP contribution in [0.3, 0.4) is 0 Å². The molecule has 0 heterocycles. The molecule has 0 saturated carbocycles. The summed E-state index contributed by atoms with van der Waals surface area (Å²) >= 11 is 0. The van der Waals surface area contributed by atoms with Gasteiger partial charge in [0.05, 0.1) is 26.2 Å². The number of hydrogen-bond acceptors (Lipinski definition) is 10. The van der Waals surface area contributed by atoms with Crippen molar-refractivity contribution in [3.8, 4) is 0 Å². The van der Waals surface area contributed by atoms with Gasteiger partial charge >= 0.3 is 25.7 Å². The SMILES string of the molecule is CC/C=C\C/C=C\C/C=C\C/C=C\C/C=C\CCCC(=O)OC(COC(=O)CCCCCCCCCCC/C=C\CCCCCCCC)COP(=O)(O)OCC(CO)OC(=O)C/C=C\C/C=C\C/C=C\C/C=C\C/C=C\CC. The number of carbonyl (C=O) groups excluding carboxylic acids is 3. The number of aliphatic hydroxyl groups is 1. The average Bonchev–Trinajstić information content (AvgIpc) is 3.43. The molecular weight excluding hydrogens is 1000 g/mol. The highest BCUT2D eigenvalue weighted by atomic mass is 31.2. The van der Waals surface area contributed by atoms with Crippen molar-refractivity contribution in [2.24, 2.45) is 0 Å². The van der Waals surface area contributed by atoms with Gasteiger partial charge in [-0.05, 0) is 109 Å². The van der Waals surface area contributed by atoms with E-state index in [-0.39, 0.29) is 25.9 Å². The van der Waals surface area contributed by atoms with Crippen molar-refractivity contribution in [2.75, 3.05) is 26.4 Å². The van der Waals surface area contributed by atoms with Gasteiger partial charge in [-0.1, -0.05) is 231 Å². The van der Waals surface area contributed by atoms with E-state index in [0.29, 0.717) is 25.7 Å². The van der Waals surface area contributed by atoms with Crippen molar-refractivity contribution in [2.45, 2.75) is 238 Å². The minimum absolute atomic E-state index is 0.0661. The number of ether oxygens (including phenoxy) is 3. The van der Waals surface area contributed by atoms with E-state index in [9.17, 15) is 28.9 Å². The fraction of sp³-hybridized carbons (Fsp3) is 0.621. The molecule has 0 aromatic heterocycles. The van der Waals surface area contributed by atoms with Crippen LogP contribution in [0.4, 0.5) is 0 Å². The third kappa shape index (κ3) is 56.3. The van der Waals surface area contributed by atoms with E-state index in [1.54, 1.807) is 6.08 Å². The molecule has 0 aliphatic carbocycles. The zero-order valence-electron chi connectivity index (χ0n) is 48.8. The molecule has 0 radical (unpaired) electrons. The lowest BCUT2D eigenvalue weighted by molar-refractivity contribution is -0.161. The van der Waals surface area contributed by atoms with Gasteiger partial charge in [-0.2, -0.15) is 0 Å². The van der Waals surface area contributed by atoms with Crippen LogP contribution in [0.15, 0.2) is 134 Å². The molecule has 0 fully saturated rings. The summed E-state index contributed by atoms with van der Waals surface area (Å²) in [6.07, 6.45) is 74.5. The summed E-state index contributed by atoms with van der Waals surface area (Å²) in [5, 5.41) is 9.80. The molecule has 2 N–H and O–H groups in total. The van der Waals surface area contributed by atoms with Gasteiger partial charge in [0.2, 0.25) is 0 Å². The molecule has 0 rings (SSSR count). The third-order valence-electron chi connectivity index (χ3n) is 12.1. The first-order valence-electron chi connectivity index (χ1n) is 30.1. The number of rotatable bonds is 54. The van der Waals surface area contributed by atoms with E-state index in [4.69, 9.17) is 23.3 Å². The number of phosphoric ester groups is 1. The molecule has 442 valence electrons. The summed E-state index contributed by atoms with van der Waals surface area (Å²) in [4.78, 5) is 48.5. The molecular formula is C66H107O11P. The Morgan fingerprint density at radius 1 is 0.385 bits per heavy atom. The van der Waals surface area contributed by atoms with Crippen LogP contribution in [-0.4, -0.2) is 66.5 Å². The van der Waals surface area contributed by atoms with Crippen LogP contribution in [-0.2, 0) is 42.2 Å². The molecule has 3 unspecified atom stereocenters. The highest BCUT2D eigenvalue weighted by molar-refractivity contribution is 7.47. The standard InChI is InChI=1S/C66H107O11P/c1-4-7-10-13-16-19-22-25-28-30-31-33-35-37-40-43-46-49-52-55-64(68)73-59-63(77-66(70)57-54-51-48-45-42-39-36-32-29-26-23-20-17-14-11-8-5-2)61-75-78(71,72)74-60-62(58-67)76-65(69)56-53-50-47-44-41-38-34-27-24-21-18-15-12-9-6-3/h8-9,11-12,17-18,20-21,25-29,34,36,39,41,44-45,48,50,53,62-63,67H,4-7,10,13-16,19,22-24,30-33,35,37-38,40,42-43,46-47,49,51-52,54-61H2,1-3H3,(H,71,72)/b11-8-,12-9-,20-17-,21-18-,28-25-,29-26-,34-27-,39-36-,44-41-,48-45-,53-50-. The Morgan fingerprint density at radius 2 is 0.731 bits per heavy atom. The van der Waals surface area contributed by atoms with Crippen molar-refractivity contribution < 1.29 is 52.2 Å². The Kier molecular flexibility index (Phi) is 55.5. The molecule has 0 bridgehead atoms. The third-order valence-corrected chi connectivity index (χ3v) is 13.0. The number of hydrogen-bond donors (Lipinski definition) is 2. The lowest BCUT2D eigenvalue weighted by atomic mass is 10.1. The van der Waals surface area contributed by atoms with Crippen LogP contribution in [0.1, 0.15) is 226 Å². The van der Waals surface area contributed by atoms with Crippen LogP contribution in [0.25, 0.3) is 0 Å². The van der Waals surface area contributed by atoms with Crippen LogP contribution >= 0.6 is 7.82 Å². The molecule has 78 heavy (non-hydrogen) atoms. The Hall–Kier alpha value is -4.38. The van der Waals surface area contributed by atoms with Crippen molar-refractivity contribution in [1.29, 1.82) is 0 Å². The average molecular weight is 1110 g/mol. The summed E-state index contributed by atoms with van der Waals surface area (Å²) in [6, 6.07) is 0. The van der Waals surface area contributed by atoms with Crippen LogP contribution in [0.5, 0.6) is 0 Å². The maximum atomic E-state index is 12.9. The van der Waals surface area contributed by atoms with Gasteiger partial charge in [0, 0.05) is 12.8 Å². The monoisotopic (exact) mass is 1110 g/mol. The second-order valence-electron chi connectivity index (χ2n) is 19.4. The number of esters is 3. The highest BCUT2D eigenvalue weighted by Gasteiger charge is 2.28. The Bertz CT molecular complexity index is 1820. The number of aliphatic hydroxyl groups excluding tert-OH is 1. The topological polar surface area (TPSA) is 155 Å². The van der Waals surface area contributed by atoms with Gasteiger partial charge in [-0.3, -0.25) is 23.4 Å². The Morgan fingerprint density at radius 3 is 1.18 bits per heavy atom. The molecule has 0 aliphatic rings. The van der Waals surface area contributed by atoms with Gasteiger partial charge in [-0.15, -0.1) is 0 Å². The lowest BCUT2D eigenvalue weighted by Crippen LogP contribution is -2.30. The summed E-state index contributed by atoms with van der Waals surface area (Å²) < 4.78 is 39.4. The summed E-state index contributed by atoms with van der Waals surface area (Å²) in [5.74, 6) is -1.69. The molecule has 0 spiro atoms. The molecule has 0 saturated heterocycles. The van der Waals surface area contributed by atoms with Gasteiger partial charge in [-0.25, -0.2) is 4.57 Å². The van der Waals surface area contributed by atoms with Gasteiger partial charge in [0.15, 0.2) is 6.10 Å². The molecule has 0 amide bonds. The first-order chi connectivity index (χ1) is 38.2. The normalized spacial score (nSPS) is 14.3. The maximum Gasteiger partial charge on any atom is 0.472 e. The van der Waals surface area contributed by atoms with Crippen molar-refractivity contribution in [1.82, 2.24) is 0 Å². The first-order valence-corrected chi connectivity index (χ1v) is 31.6. The van der Waals surface area contributed by atoms with Crippen LogP contribution in [0, 0.1) is 0 Å². The molecule has 3 atom stereocenters. The number of allylic oxidation sites excluding steroid dienone is 21. The Labute approximate surface area is 474 Å². The van der Waals surface area contributed by atoms with Crippen LogP contribution < -0.4 is 0 Å². The molecule has 0 aliphatic heterocycles. The van der Waals surface area contributed by atoms with Crippen molar-refractivity contribution >= 4 is 25.7 Å². The summed E-state index contributed by atoms with van der Waals surface area (Å²) in [7, 11) is -4.80. The lowest BCUT2D eigenvalue weighted by Gasteiger charge is -2.21. The fourth-order valence-electron chi connectivity index (χ4n) is 7.58. The predicted octanol–water partition coefficient (Wildman–Crippen LogP) is 18.1.